The lowest BCUT2D eigenvalue weighted by molar-refractivity contribution is 0.758. The highest BCUT2D eigenvalue weighted by Crippen LogP contribution is 2.16. The van der Waals surface area contributed by atoms with Crippen molar-refractivity contribution < 1.29 is 0 Å². The third kappa shape index (κ3) is 1.60. The molecule has 2 rings (SSSR count). The second-order valence-electron chi connectivity index (χ2n) is 3.68. The van der Waals surface area contributed by atoms with E-state index in [0.29, 0.717) is 0 Å². The van der Waals surface area contributed by atoms with Gasteiger partial charge in [0, 0.05) is 25.0 Å². The Morgan fingerprint density at radius 1 is 1.40 bits per heavy atom. The van der Waals surface area contributed by atoms with Crippen LogP contribution in [0.15, 0.2) is 12.4 Å². The van der Waals surface area contributed by atoms with Crippen LogP contribution in [0.4, 0.5) is 5.82 Å². The number of hydrogen-bond donors (Lipinski definition) is 1. The highest BCUT2D eigenvalue weighted by atomic mass is 15.3. The number of hydrogen-bond acceptors (Lipinski definition) is 3. The van der Waals surface area contributed by atoms with Gasteiger partial charge in [-0.1, -0.05) is 0 Å². The van der Waals surface area contributed by atoms with Gasteiger partial charge in [-0.15, -0.1) is 0 Å². The summed E-state index contributed by atoms with van der Waals surface area (Å²) < 4.78 is 3.76. The first-order valence-corrected chi connectivity index (χ1v) is 4.85. The third-order valence-corrected chi connectivity index (χ3v) is 2.65. The second kappa shape index (κ2) is 3.42. The Morgan fingerprint density at radius 3 is 2.60 bits per heavy atom. The van der Waals surface area contributed by atoms with E-state index in [0.717, 1.165) is 29.4 Å². The minimum atomic E-state index is 0.723. The van der Waals surface area contributed by atoms with E-state index in [-0.39, 0.29) is 0 Å². The van der Waals surface area contributed by atoms with Crippen LogP contribution in [0.25, 0.3) is 0 Å². The molecule has 2 N–H and O–H groups in total. The lowest BCUT2D eigenvalue weighted by atomic mass is 10.2. The van der Waals surface area contributed by atoms with Gasteiger partial charge in [0.15, 0.2) is 0 Å². The maximum atomic E-state index is 5.94. The third-order valence-electron chi connectivity index (χ3n) is 2.65. The number of rotatable bonds is 2. The molecule has 2 heterocycles. The molecule has 0 saturated carbocycles. The van der Waals surface area contributed by atoms with Gasteiger partial charge >= 0.3 is 0 Å². The zero-order valence-electron chi connectivity index (χ0n) is 9.23. The summed E-state index contributed by atoms with van der Waals surface area (Å²) in [4.78, 5) is 4.17. The van der Waals surface area contributed by atoms with Crippen molar-refractivity contribution in [3.05, 3.63) is 29.5 Å². The van der Waals surface area contributed by atoms with Crippen molar-refractivity contribution in [1.82, 2.24) is 19.3 Å². The fourth-order valence-corrected chi connectivity index (χ4v) is 1.66. The molecular weight excluding hydrogens is 190 g/mol. The SMILES string of the molecule is Cc1nn(C)c(N)c1Cn1ccnc1C. The monoisotopic (exact) mass is 205 g/mol. The van der Waals surface area contributed by atoms with Gasteiger partial charge in [-0.25, -0.2) is 4.98 Å². The lowest BCUT2D eigenvalue weighted by Gasteiger charge is -2.05. The summed E-state index contributed by atoms with van der Waals surface area (Å²) >= 11 is 0. The summed E-state index contributed by atoms with van der Waals surface area (Å²) in [6, 6.07) is 0. The summed E-state index contributed by atoms with van der Waals surface area (Å²) in [6.45, 7) is 4.68. The molecule has 0 atom stereocenters. The van der Waals surface area contributed by atoms with Crippen molar-refractivity contribution in [3.8, 4) is 0 Å². The minimum Gasteiger partial charge on any atom is -0.384 e. The number of nitrogen functional groups attached to an aromatic ring is 1. The minimum absolute atomic E-state index is 0.723. The molecular formula is C10H15N5. The van der Waals surface area contributed by atoms with Gasteiger partial charge in [0.05, 0.1) is 12.2 Å². The van der Waals surface area contributed by atoms with Crippen LogP contribution in [0.1, 0.15) is 17.1 Å². The topological polar surface area (TPSA) is 61.7 Å². The standard InChI is InChI=1S/C10H15N5/c1-7-9(10(11)14(3)13-7)6-15-5-4-12-8(15)2/h4-5H,6,11H2,1-3H3. The average Bonchev–Trinajstić information content (AvgIpc) is 2.67. The van der Waals surface area contributed by atoms with E-state index in [2.05, 4.69) is 14.6 Å². The van der Waals surface area contributed by atoms with Crippen LogP contribution in [-0.4, -0.2) is 19.3 Å². The Hall–Kier alpha value is -1.78. The Labute approximate surface area is 88.5 Å². The molecule has 0 aliphatic rings. The van der Waals surface area contributed by atoms with Gasteiger partial charge < -0.3 is 10.3 Å². The smallest absolute Gasteiger partial charge is 0.126 e. The van der Waals surface area contributed by atoms with Crippen LogP contribution in [-0.2, 0) is 13.6 Å². The number of imidazole rings is 1. The van der Waals surface area contributed by atoms with Gasteiger partial charge in [-0.05, 0) is 13.8 Å². The Kier molecular flexibility index (Phi) is 2.22. The molecule has 0 aliphatic carbocycles. The highest BCUT2D eigenvalue weighted by molar-refractivity contribution is 5.43. The Morgan fingerprint density at radius 2 is 2.13 bits per heavy atom. The summed E-state index contributed by atoms with van der Waals surface area (Å²) in [5.41, 5.74) is 7.98. The fraction of sp³-hybridized carbons (Fsp3) is 0.400. The molecule has 0 bridgehead atoms. The summed E-state index contributed by atoms with van der Waals surface area (Å²) in [5.74, 6) is 1.71. The van der Waals surface area contributed by atoms with E-state index >= 15 is 0 Å². The van der Waals surface area contributed by atoms with Crippen LogP contribution in [0, 0.1) is 13.8 Å². The molecule has 2 aromatic rings. The van der Waals surface area contributed by atoms with Crippen molar-refractivity contribution in [2.24, 2.45) is 7.05 Å². The van der Waals surface area contributed by atoms with Crippen molar-refractivity contribution in [1.29, 1.82) is 0 Å². The molecule has 2 aromatic heterocycles. The lowest BCUT2D eigenvalue weighted by Crippen LogP contribution is -2.05. The summed E-state index contributed by atoms with van der Waals surface area (Å²) in [7, 11) is 1.85. The van der Waals surface area contributed by atoms with Crippen molar-refractivity contribution >= 4 is 5.82 Å². The van der Waals surface area contributed by atoms with Crippen LogP contribution in [0.2, 0.25) is 0 Å². The Bertz CT molecular complexity index is 480. The molecule has 0 spiro atoms. The molecule has 0 radical (unpaired) electrons. The normalized spacial score (nSPS) is 10.9. The zero-order valence-corrected chi connectivity index (χ0v) is 9.23. The Balaban J connectivity index is 2.36. The number of anilines is 1. The van der Waals surface area contributed by atoms with Crippen LogP contribution in [0.5, 0.6) is 0 Å². The zero-order chi connectivity index (χ0) is 11.0. The molecule has 0 unspecified atom stereocenters. The van der Waals surface area contributed by atoms with E-state index < -0.39 is 0 Å². The predicted octanol–water partition coefficient (Wildman–Crippen LogP) is 0.864. The molecule has 80 valence electrons. The van der Waals surface area contributed by atoms with Crippen LogP contribution in [0.3, 0.4) is 0 Å². The van der Waals surface area contributed by atoms with Crippen molar-refractivity contribution in [2.45, 2.75) is 20.4 Å². The van der Waals surface area contributed by atoms with Gasteiger partial charge in [0.1, 0.15) is 11.6 Å². The van der Waals surface area contributed by atoms with E-state index in [4.69, 9.17) is 5.73 Å². The van der Waals surface area contributed by atoms with Crippen molar-refractivity contribution in [2.75, 3.05) is 5.73 Å². The first-order chi connectivity index (χ1) is 7.09. The second-order valence-corrected chi connectivity index (χ2v) is 3.68. The van der Waals surface area contributed by atoms with Crippen LogP contribution >= 0.6 is 0 Å². The van der Waals surface area contributed by atoms with E-state index in [1.807, 2.05) is 27.1 Å². The first kappa shape index (κ1) is 9.76. The van der Waals surface area contributed by atoms with Crippen molar-refractivity contribution in [3.63, 3.8) is 0 Å². The number of aryl methyl sites for hydroxylation is 3. The van der Waals surface area contributed by atoms with Gasteiger partial charge in [0.2, 0.25) is 0 Å². The molecule has 0 aliphatic heterocycles. The largest absolute Gasteiger partial charge is 0.384 e. The number of nitrogens with zero attached hydrogens (tertiary/aromatic N) is 4. The van der Waals surface area contributed by atoms with Crippen LogP contribution < -0.4 is 5.73 Å². The molecule has 5 heteroatoms. The molecule has 0 aromatic carbocycles. The quantitative estimate of drug-likeness (QED) is 0.791. The number of nitrogens with two attached hydrogens (primary N) is 1. The van der Waals surface area contributed by atoms with Gasteiger partial charge in [-0.3, -0.25) is 4.68 Å². The number of aromatic nitrogens is 4. The van der Waals surface area contributed by atoms with Gasteiger partial charge in [-0.2, -0.15) is 5.10 Å². The summed E-state index contributed by atoms with van der Waals surface area (Å²) in [5, 5.41) is 4.28. The molecule has 0 saturated heterocycles. The summed E-state index contributed by atoms with van der Waals surface area (Å²) in [6.07, 6.45) is 3.73. The first-order valence-electron chi connectivity index (χ1n) is 4.85. The maximum absolute atomic E-state index is 5.94. The molecule has 15 heavy (non-hydrogen) atoms. The van der Waals surface area contributed by atoms with E-state index in [9.17, 15) is 0 Å². The molecule has 0 fully saturated rings. The van der Waals surface area contributed by atoms with Gasteiger partial charge in [0.25, 0.3) is 0 Å². The van der Waals surface area contributed by atoms with E-state index in [1.165, 1.54) is 0 Å². The predicted molar refractivity (Wildman–Crippen MR) is 58.4 cm³/mol. The highest BCUT2D eigenvalue weighted by Gasteiger charge is 2.11. The molecule has 0 amide bonds. The average molecular weight is 205 g/mol. The van der Waals surface area contributed by atoms with E-state index in [1.54, 1.807) is 10.9 Å². The fourth-order valence-electron chi connectivity index (χ4n) is 1.66. The maximum Gasteiger partial charge on any atom is 0.126 e. The molecule has 5 nitrogen and oxygen atoms in total.